The number of halogens is 1. The number of nitrogens with zero attached hydrogens (tertiary/aromatic N) is 2. The van der Waals surface area contributed by atoms with Crippen LogP contribution in [0.4, 0.5) is 11.4 Å². The minimum atomic E-state index is -0.471. The average Bonchev–Trinajstić information content (AvgIpc) is 2.92. The van der Waals surface area contributed by atoms with Crippen molar-refractivity contribution in [1.29, 1.82) is 0 Å². The number of benzene rings is 2. The molecule has 2 aromatic rings. The molecule has 0 N–H and O–H groups in total. The number of imide groups is 1. The van der Waals surface area contributed by atoms with E-state index in [9.17, 15) is 9.59 Å². The summed E-state index contributed by atoms with van der Waals surface area (Å²) in [7, 11) is 0. The second kappa shape index (κ2) is 7.44. The summed E-state index contributed by atoms with van der Waals surface area (Å²) in [5.41, 5.74) is 3.67. The van der Waals surface area contributed by atoms with Crippen LogP contribution in [-0.2, 0) is 9.59 Å². The topological polar surface area (TPSA) is 40.6 Å². The van der Waals surface area contributed by atoms with Gasteiger partial charge in [-0.25, -0.2) is 4.90 Å². The van der Waals surface area contributed by atoms with Crippen LogP contribution in [0.5, 0.6) is 0 Å². The molecule has 5 heteroatoms. The molecule has 0 bridgehead atoms. The molecule has 1 saturated heterocycles. The summed E-state index contributed by atoms with van der Waals surface area (Å²) < 4.78 is 0. The molecule has 1 fully saturated rings. The first-order valence-electron chi connectivity index (χ1n) is 9.66. The molecule has 2 aliphatic rings. The van der Waals surface area contributed by atoms with Gasteiger partial charge in [0, 0.05) is 18.8 Å². The van der Waals surface area contributed by atoms with E-state index in [4.69, 9.17) is 11.6 Å². The zero-order chi connectivity index (χ0) is 19.8. The van der Waals surface area contributed by atoms with Gasteiger partial charge in [-0.3, -0.25) is 9.59 Å². The third-order valence-corrected chi connectivity index (χ3v) is 5.97. The van der Waals surface area contributed by atoms with Gasteiger partial charge in [-0.2, -0.15) is 0 Å². The van der Waals surface area contributed by atoms with Crippen molar-refractivity contribution in [2.24, 2.45) is 5.92 Å². The minimum Gasteiger partial charge on any atom is -0.372 e. The molecule has 0 aliphatic carbocycles. The maximum absolute atomic E-state index is 13.0. The summed E-state index contributed by atoms with van der Waals surface area (Å²) in [5, 5.41) is -0.0250. The number of carbonyl (C=O) groups excluding carboxylic acids is 2. The molecule has 4 nitrogen and oxygen atoms in total. The van der Waals surface area contributed by atoms with E-state index >= 15 is 0 Å². The lowest BCUT2D eigenvalue weighted by molar-refractivity contribution is -0.119. The summed E-state index contributed by atoms with van der Waals surface area (Å²) in [6, 6.07) is 15.1. The summed E-state index contributed by atoms with van der Waals surface area (Å²) in [6.07, 6.45) is 2.37. The summed E-state index contributed by atoms with van der Waals surface area (Å²) in [4.78, 5) is 29.2. The molecule has 0 saturated carbocycles. The highest BCUT2D eigenvalue weighted by molar-refractivity contribution is 6.60. The van der Waals surface area contributed by atoms with Crippen molar-refractivity contribution in [3.63, 3.8) is 0 Å². The van der Waals surface area contributed by atoms with Crippen LogP contribution in [0.3, 0.4) is 0 Å². The van der Waals surface area contributed by atoms with Crippen LogP contribution in [0.15, 0.2) is 53.6 Å². The van der Waals surface area contributed by atoms with Gasteiger partial charge < -0.3 is 4.90 Å². The van der Waals surface area contributed by atoms with Gasteiger partial charge in [0.25, 0.3) is 11.8 Å². The number of hydrogen-bond donors (Lipinski definition) is 0. The van der Waals surface area contributed by atoms with Gasteiger partial charge in [0.15, 0.2) is 0 Å². The Morgan fingerprint density at radius 2 is 1.43 bits per heavy atom. The minimum absolute atomic E-state index is 0.0250. The van der Waals surface area contributed by atoms with E-state index in [1.807, 2.05) is 55.5 Å². The molecule has 0 radical (unpaired) electrons. The van der Waals surface area contributed by atoms with E-state index < -0.39 is 5.91 Å². The average molecular weight is 395 g/mol. The van der Waals surface area contributed by atoms with Gasteiger partial charge in [-0.15, -0.1) is 0 Å². The largest absolute Gasteiger partial charge is 0.372 e. The standard InChI is InChI=1S/C23H23ClN2O2/c1-15-3-5-17(6-4-15)20-21(24)23(28)26(22(20)27)19-9-7-18(8-10-19)25-13-11-16(2)12-14-25/h3-10,16H,11-14H2,1-2H3. The van der Waals surface area contributed by atoms with Crippen LogP contribution in [0.1, 0.15) is 30.9 Å². The third kappa shape index (κ3) is 3.33. The van der Waals surface area contributed by atoms with Crippen LogP contribution in [0.25, 0.3) is 5.57 Å². The molecular weight excluding hydrogens is 372 g/mol. The molecule has 0 spiro atoms. The first-order chi connectivity index (χ1) is 13.5. The molecule has 2 heterocycles. The Morgan fingerprint density at radius 1 is 0.857 bits per heavy atom. The van der Waals surface area contributed by atoms with E-state index in [-0.39, 0.29) is 16.5 Å². The van der Waals surface area contributed by atoms with Crippen LogP contribution in [0.2, 0.25) is 0 Å². The van der Waals surface area contributed by atoms with Gasteiger partial charge in [-0.05, 0) is 55.5 Å². The van der Waals surface area contributed by atoms with E-state index in [0.29, 0.717) is 11.3 Å². The van der Waals surface area contributed by atoms with E-state index in [1.54, 1.807) is 0 Å². The highest BCUT2D eigenvalue weighted by atomic mass is 35.5. The van der Waals surface area contributed by atoms with Crippen molar-refractivity contribution in [2.45, 2.75) is 26.7 Å². The molecule has 0 aromatic heterocycles. The highest BCUT2D eigenvalue weighted by Gasteiger charge is 2.39. The summed E-state index contributed by atoms with van der Waals surface area (Å²) in [5.74, 6) is -0.0797. The molecule has 0 atom stereocenters. The predicted octanol–water partition coefficient (Wildman–Crippen LogP) is 4.75. The second-order valence-corrected chi connectivity index (χ2v) is 8.06. The summed E-state index contributed by atoms with van der Waals surface area (Å²) >= 11 is 6.27. The molecule has 2 amide bonds. The van der Waals surface area contributed by atoms with Gasteiger partial charge in [0.1, 0.15) is 5.03 Å². The fraction of sp³-hybridized carbons (Fsp3) is 0.304. The van der Waals surface area contributed by atoms with Crippen LogP contribution < -0.4 is 9.80 Å². The van der Waals surface area contributed by atoms with Gasteiger partial charge >= 0.3 is 0 Å². The van der Waals surface area contributed by atoms with Crippen LogP contribution in [-0.4, -0.2) is 24.9 Å². The zero-order valence-electron chi connectivity index (χ0n) is 16.1. The van der Waals surface area contributed by atoms with E-state index in [1.165, 1.54) is 17.7 Å². The van der Waals surface area contributed by atoms with Gasteiger partial charge in [0.2, 0.25) is 0 Å². The Bertz CT molecular complexity index is 940. The normalized spacial score (nSPS) is 18.4. The lowest BCUT2D eigenvalue weighted by Crippen LogP contribution is -2.33. The number of hydrogen-bond acceptors (Lipinski definition) is 3. The molecule has 4 rings (SSSR count). The monoisotopic (exact) mass is 394 g/mol. The SMILES string of the molecule is Cc1ccc(C2=C(Cl)C(=O)N(c3ccc(N4CCC(C)CC4)cc3)C2=O)cc1. The maximum Gasteiger partial charge on any atom is 0.277 e. The number of aryl methyl sites for hydroxylation is 1. The molecular formula is C23H23ClN2O2. The van der Waals surface area contributed by atoms with Crippen molar-refractivity contribution in [3.05, 3.63) is 64.7 Å². The van der Waals surface area contributed by atoms with Crippen molar-refractivity contribution >= 4 is 40.4 Å². The predicted molar refractivity (Wildman–Crippen MR) is 113 cm³/mol. The third-order valence-electron chi connectivity index (χ3n) is 5.62. The summed E-state index contributed by atoms with van der Waals surface area (Å²) in [6.45, 7) is 6.33. The maximum atomic E-state index is 13.0. The number of piperidine rings is 1. The molecule has 2 aromatic carbocycles. The van der Waals surface area contributed by atoms with Crippen molar-refractivity contribution in [1.82, 2.24) is 0 Å². The molecule has 2 aliphatic heterocycles. The molecule has 28 heavy (non-hydrogen) atoms. The van der Waals surface area contributed by atoms with E-state index in [2.05, 4.69) is 11.8 Å². The van der Waals surface area contributed by atoms with Crippen molar-refractivity contribution in [2.75, 3.05) is 22.9 Å². The quantitative estimate of drug-likeness (QED) is 0.705. The Morgan fingerprint density at radius 3 is 2.04 bits per heavy atom. The van der Waals surface area contributed by atoms with Crippen molar-refractivity contribution < 1.29 is 9.59 Å². The Hall–Kier alpha value is -2.59. The fourth-order valence-electron chi connectivity index (χ4n) is 3.79. The number of rotatable bonds is 3. The Labute approximate surface area is 170 Å². The zero-order valence-corrected chi connectivity index (χ0v) is 16.9. The number of anilines is 2. The lowest BCUT2D eigenvalue weighted by atomic mass is 9.99. The van der Waals surface area contributed by atoms with Crippen molar-refractivity contribution in [3.8, 4) is 0 Å². The Kier molecular flexibility index (Phi) is 4.98. The lowest BCUT2D eigenvalue weighted by Gasteiger charge is -2.32. The fourth-order valence-corrected chi connectivity index (χ4v) is 4.06. The molecule has 0 unspecified atom stereocenters. The smallest absolute Gasteiger partial charge is 0.277 e. The van der Waals surface area contributed by atoms with E-state index in [0.717, 1.165) is 30.3 Å². The Balaban J connectivity index is 1.57. The van der Waals surface area contributed by atoms with Gasteiger partial charge in [0.05, 0.1) is 11.3 Å². The molecule has 144 valence electrons. The first-order valence-corrected chi connectivity index (χ1v) is 10.0. The highest BCUT2D eigenvalue weighted by Crippen LogP contribution is 2.35. The number of carbonyl (C=O) groups is 2. The van der Waals surface area contributed by atoms with Crippen LogP contribution in [0, 0.1) is 12.8 Å². The first kappa shape index (κ1) is 18.8. The van der Waals surface area contributed by atoms with Gasteiger partial charge in [-0.1, -0.05) is 48.4 Å². The van der Waals surface area contributed by atoms with Crippen LogP contribution >= 0.6 is 11.6 Å². The number of amides is 2. The second-order valence-electron chi connectivity index (χ2n) is 7.69.